The molecule has 1 saturated heterocycles. The molecule has 1 aliphatic carbocycles. The topological polar surface area (TPSA) is 55.2 Å². The molecular weight excluding hydrogens is 322 g/mol. The normalized spacial score (nSPS) is 20.3. The molecule has 124 valence electrons. The number of hydrogen-bond acceptors (Lipinski definition) is 4. The summed E-state index contributed by atoms with van der Waals surface area (Å²) in [7, 11) is 0. The number of carbonyl (C=O) groups is 1. The van der Waals surface area contributed by atoms with Gasteiger partial charge in [-0.2, -0.15) is 0 Å². The number of rotatable bonds is 4. The van der Waals surface area contributed by atoms with E-state index in [9.17, 15) is 9.59 Å². The molecule has 1 unspecified atom stereocenters. The lowest BCUT2D eigenvalue weighted by Gasteiger charge is -2.24. The molecule has 0 radical (unpaired) electrons. The van der Waals surface area contributed by atoms with E-state index < -0.39 is 0 Å². The summed E-state index contributed by atoms with van der Waals surface area (Å²) in [6.45, 7) is 0.770. The predicted octanol–water partition coefficient (Wildman–Crippen LogP) is 2.39. The number of nitrogens with zero attached hydrogens (tertiary/aromatic N) is 3. The standard InChI is InChI=1S/C18H19N3O2S/c22-16-10-15(13-6-7-13)19-12-20(16)11-17(23)21-8-9-24-18(21)14-4-2-1-3-5-14/h1-5,10,12-13,18H,6-9,11H2. The van der Waals surface area contributed by atoms with Crippen molar-refractivity contribution in [2.24, 2.45) is 0 Å². The maximum absolute atomic E-state index is 12.7. The molecule has 2 heterocycles. The average Bonchev–Trinajstić information content (AvgIpc) is 3.33. The average molecular weight is 341 g/mol. The van der Waals surface area contributed by atoms with E-state index in [2.05, 4.69) is 4.98 Å². The third kappa shape index (κ3) is 3.11. The molecule has 1 amide bonds. The van der Waals surface area contributed by atoms with Crippen molar-refractivity contribution in [1.82, 2.24) is 14.5 Å². The fourth-order valence-corrected chi connectivity index (χ4v) is 4.29. The first-order valence-corrected chi connectivity index (χ1v) is 9.29. The van der Waals surface area contributed by atoms with Gasteiger partial charge in [0.05, 0.1) is 12.0 Å². The van der Waals surface area contributed by atoms with Gasteiger partial charge in [0.15, 0.2) is 0 Å². The highest BCUT2D eigenvalue weighted by molar-refractivity contribution is 7.99. The van der Waals surface area contributed by atoms with E-state index in [1.54, 1.807) is 17.8 Å². The van der Waals surface area contributed by atoms with Crippen LogP contribution in [0.5, 0.6) is 0 Å². The van der Waals surface area contributed by atoms with Crippen LogP contribution in [0.1, 0.15) is 35.4 Å². The highest BCUT2D eigenvalue weighted by atomic mass is 32.2. The number of hydrogen-bond donors (Lipinski definition) is 0. The summed E-state index contributed by atoms with van der Waals surface area (Å²) < 4.78 is 1.42. The van der Waals surface area contributed by atoms with Gasteiger partial charge < -0.3 is 4.90 Å². The largest absolute Gasteiger partial charge is 0.324 e. The molecule has 1 aromatic heterocycles. The highest BCUT2D eigenvalue weighted by Gasteiger charge is 2.31. The van der Waals surface area contributed by atoms with Gasteiger partial charge in [0, 0.05) is 24.3 Å². The minimum absolute atomic E-state index is 0.0306. The van der Waals surface area contributed by atoms with Crippen LogP contribution in [0.2, 0.25) is 0 Å². The van der Waals surface area contributed by atoms with Crippen LogP contribution in [0.3, 0.4) is 0 Å². The van der Waals surface area contributed by atoms with E-state index in [0.717, 1.165) is 29.9 Å². The SMILES string of the molecule is O=C(Cn1cnc(C2CC2)cc1=O)N1CCSC1c1ccccc1. The molecule has 6 heteroatoms. The monoisotopic (exact) mass is 341 g/mol. The van der Waals surface area contributed by atoms with Gasteiger partial charge >= 0.3 is 0 Å². The smallest absolute Gasteiger partial charge is 0.254 e. The van der Waals surface area contributed by atoms with E-state index in [-0.39, 0.29) is 23.4 Å². The second-order valence-electron chi connectivity index (χ2n) is 6.28. The van der Waals surface area contributed by atoms with E-state index in [4.69, 9.17) is 0 Å². The zero-order valence-corrected chi connectivity index (χ0v) is 14.1. The van der Waals surface area contributed by atoms with Crippen molar-refractivity contribution in [2.75, 3.05) is 12.3 Å². The minimum Gasteiger partial charge on any atom is -0.324 e. The summed E-state index contributed by atoms with van der Waals surface area (Å²) >= 11 is 1.76. The van der Waals surface area contributed by atoms with E-state index in [0.29, 0.717) is 12.5 Å². The molecule has 0 bridgehead atoms. The summed E-state index contributed by atoms with van der Waals surface area (Å²) in [6, 6.07) is 11.6. The van der Waals surface area contributed by atoms with Gasteiger partial charge in [-0.15, -0.1) is 11.8 Å². The molecule has 2 fully saturated rings. The Morgan fingerprint density at radius 3 is 2.75 bits per heavy atom. The molecule has 1 aromatic carbocycles. The van der Waals surface area contributed by atoms with Crippen LogP contribution in [0.4, 0.5) is 0 Å². The van der Waals surface area contributed by atoms with Gasteiger partial charge in [-0.3, -0.25) is 14.2 Å². The molecule has 5 nitrogen and oxygen atoms in total. The summed E-state index contributed by atoms with van der Waals surface area (Å²) in [5.41, 5.74) is 1.86. The number of thioether (sulfide) groups is 1. The second-order valence-corrected chi connectivity index (χ2v) is 7.46. The van der Waals surface area contributed by atoms with Gasteiger partial charge in [-0.05, 0) is 18.4 Å². The summed E-state index contributed by atoms with van der Waals surface area (Å²) in [5.74, 6) is 1.33. The molecule has 0 spiro atoms. The number of amides is 1. The molecule has 1 saturated carbocycles. The van der Waals surface area contributed by atoms with Crippen molar-refractivity contribution in [3.05, 3.63) is 64.3 Å². The highest BCUT2D eigenvalue weighted by Crippen LogP contribution is 2.38. The van der Waals surface area contributed by atoms with Crippen LogP contribution in [0.15, 0.2) is 47.5 Å². The Balaban J connectivity index is 1.50. The lowest BCUT2D eigenvalue weighted by atomic mass is 10.2. The first-order valence-electron chi connectivity index (χ1n) is 8.25. The summed E-state index contributed by atoms with van der Waals surface area (Å²) in [6.07, 6.45) is 3.74. The van der Waals surface area contributed by atoms with E-state index in [1.165, 1.54) is 10.9 Å². The minimum atomic E-state index is -0.136. The molecule has 0 N–H and O–H groups in total. The van der Waals surface area contributed by atoms with Crippen LogP contribution in [-0.2, 0) is 11.3 Å². The van der Waals surface area contributed by atoms with Gasteiger partial charge in [-0.1, -0.05) is 30.3 Å². The van der Waals surface area contributed by atoms with Crippen molar-refractivity contribution in [3.8, 4) is 0 Å². The summed E-state index contributed by atoms with van der Waals surface area (Å²) in [4.78, 5) is 31.1. The summed E-state index contributed by atoms with van der Waals surface area (Å²) in [5, 5.41) is 0.0353. The fourth-order valence-electron chi connectivity index (χ4n) is 3.02. The Morgan fingerprint density at radius 2 is 2.04 bits per heavy atom. The Bertz CT molecular complexity index is 801. The fraction of sp³-hybridized carbons (Fsp3) is 0.389. The second kappa shape index (κ2) is 6.43. The third-order valence-corrected chi connectivity index (χ3v) is 5.76. The molecular formula is C18H19N3O2S. The van der Waals surface area contributed by atoms with Gasteiger partial charge in [0.2, 0.25) is 5.91 Å². The molecule has 24 heavy (non-hydrogen) atoms. The van der Waals surface area contributed by atoms with Crippen LogP contribution in [0.25, 0.3) is 0 Å². The first kappa shape index (κ1) is 15.4. The lowest BCUT2D eigenvalue weighted by Crippen LogP contribution is -2.36. The number of aromatic nitrogens is 2. The molecule has 1 atom stereocenters. The predicted molar refractivity (Wildman–Crippen MR) is 93.8 cm³/mol. The van der Waals surface area contributed by atoms with Gasteiger partial charge in [0.25, 0.3) is 5.56 Å². The quantitative estimate of drug-likeness (QED) is 0.857. The Morgan fingerprint density at radius 1 is 1.25 bits per heavy atom. The number of carbonyl (C=O) groups excluding carboxylic acids is 1. The van der Waals surface area contributed by atoms with Crippen molar-refractivity contribution in [2.45, 2.75) is 30.7 Å². The van der Waals surface area contributed by atoms with Gasteiger partial charge in [0.1, 0.15) is 11.9 Å². The van der Waals surface area contributed by atoms with Crippen molar-refractivity contribution in [1.29, 1.82) is 0 Å². The first-order chi connectivity index (χ1) is 11.7. The maximum Gasteiger partial charge on any atom is 0.254 e. The lowest BCUT2D eigenvalue weighted by molar-refractivity contribution is -0.132. The van der Waals surface area contributed by atoms with Crippen molar-refractivity contribution in [3.63, 3.8) is 0 Å². The Hall–Kier alpha value is -2.08. The third-order valence-electron chi connectivity index (χ3n) is 4.50. The van der Waals surface area contributed by atoms with Crippen molar-refractivity contribution >= 4 is 17.7 Å². The van der Waals surface area contributed by atoms with E-state index in [1.807, 2.05) is 35.2 Å². The zero-order valence-electron chi connectivity index (χ0n) is 13.3. The Kier molecular flexibility index (Phi) is 4.14. The molecule has 4 rings (SSSR count). The maximum atomic E-state index is 12.7. The Labute approximate surface area is 144 Å². The van der Waals surface area contributed by atoms with Crippen LogP contribution >= 0.6 is 11.8 Å². The number of benzene rings is 1. The van der Waals surface area contributed by atoms with E-state index >= 15 is 0 Å². The van der Waals surface area contributed by atoms with Crippen molar-refractivity contribution < 1.29 is 4.79 Å². The zero-order chi connectivity index (χ0) is 16.5. The molecule has 1 aliphatic heterocycles. The van der Waals surface area contributed by atoms with Crippen LogP contribution < -0.4 is 5.56 Å². The molecule has 2 aliphatic rings. The molecule has 2 aromatic rings. The van der Waals surface area contributed by atoms with Gasteiger partial charge in [-0.25, -0.2) is 4.98 Å². The van der Waals surface area contributed by atoms with Crippen LogP contribution in [-0.4, -0.2) is 32.7 Å². The van der Waals surface area contributed by atoms with Crippen LogP contribution in [0, 0.1) is 0 Å².